The number of methoxy groups -OCH3 is 1. The van der Waals surface area contributed by atoms with E-state index in [1.165, 1.54) is 5.01 Å². The van der Waals surface area contributed by atoms with Gasteiger partial charge in [-0.25, -0.2) is 9.99 Å². The van der Waals surface area contributed by atoms with Crippen LogP contribution in [-0.2, 0) is 0 Å². The van der Waals surface area contributed by atoms with Gasteiger partial charge in [-0.2, -0.15) is 5.10 Å². The monoisotopic (exact) mass is 465 g/mol. The molecule has 2 aromatic carbocycles. The quantitative estimate of drug-likeness (QED) is 0.339. The summed E-state index contributed by atoms with van der Waals surface area (Å²) in [4.78, 5) is 18.0. The highest BCUT2D eigenvalue weighted by Crippen LogP contribution is 2.39. The number of hydrazone groups is 1. The lowest BCUT2D eigenvalue weighted by atomic mass is 10.00. The molecule has 32 heavy (non-hydrogen) atoms. The number of rotatable bonds is 4. The van der Waals surface area contributed by atoms with Crippen molar-refractivity contribution in [2.24, 2.45) is 5.10 Å². The fraction of sp³-hybridized carbons (Fsp3) is 0.125. The first-order valence-corrected chi connectivity index (χ1v) is 10.6. The van der Waals surface area contributed by atoms with Crippen molar-refractivity contribution in [3.63, 3.8) is 0 Å². The predicted molar refractivity (Wildman–Crippen MR) is 124 cm³/mol. The van der Waals surface area contributed by atoms with E-state index in [1.54, 1.807) is 43.7 Å². The number of carbonyl (C=O) groups excluding carboxylic acids is 1. The summed E-state index contributed by atoms with van der Waals surface area (Å²) in [5.74, 6) is 0.968. The highest BCUT2D eigenvalue weighted by atomic mass is 35.5. The van der Waals surface area contributed by atoms with Crippen LogP contribution in [0.5, 0.6) is 5.75 Å². The van der Waals surface area contributed by atoms with Gasteiger partial charge in [-0.15, -0.1) is 0 Å². The molecule has 0 saturated heterocycles. The van der Waals surface area contributed by atoms with Crippen LogP contribution < -0.4 is 4.74 Å². The Morgan fingerprint density at radius 1 is 1.12 bits per heavy atom. The Morgan fingerprint density at radius 3 is 2.72 bits per heavy atom. The first kappa shape index (κ1) is 20.5. The fourth-order valence-electron chi connectivity index (χ4n) is 3.80. The van der Waals surface area contributed by atoms with Gasteiger partial charge in [0.1, 0.15) is 22.4 Å². The SMILES string of the molecule is COc1ccc2nc(Cl)c(C3CC(c4ccco4)=NN3C(=O)c3ccccc3Cl)cc2c1. The van der Waals surface area contributed by atoms with Crippen LogP contribution >= 0.6 is 23.2 Å². The molecule has 0 bridgehead atoms. The van der Waals surface area contributed by atoms with Gasteiger partial charge in [-0.05, 0) is 48.5 Å². The Morgan fingerprint density at radius 2 is 1.97 bits per heavy atom. The second kappa shape index (κ2) is 8.30. The van der Waals surface area contributed by atoms with E-state index >= 15 is 0 Å². The van der Waals surface area contributed by atoms with Crippen molar-refractivity contribution in [3.05, 3.63) is 94.0 Å². The van der Waals surface area contributed by atoms with Crippen molar-refractivity contribution >= 4 is 45.7 Å². The van der Waals surface area contributed by atoms with Crippen LogP contribution in [0.15, 0.2) is 76.4 Å². The van der Waals surface area contributed by atoms with Gasteiger partial charge in [0.2, 0.25) is 0 Å². The Bertz CT molecular complexity index is 1350. The zero-order valence-corrected chi connectivity index (χ0v) is 18.5. The van der Waals surface area contributed by atoms with E-state index < -0.39 is 6.04 Å². The van der Waals surface area contributed by atoms with Gasteiger partial charge in [0.15, 0.2) is 0 Å². The van der Waals surface area contributed by atoms with Crippen molar-refractivity contribution in [1.82, 2.24) is 9.99 Å². The highest BCUT2D eigenvalue weighted by molar-refractivity contribution is 6.34. The minimum Gasteiger partial charge on any atom is -0.497 e. The molecular formula is C24H17Cl2N3O3. The molecule has 0 radical (unpaired) electrons. The molecule has 1 amide bonds. The fourth-order valence-corrected chi connectivity index (χ4v) is 4.29. The van der Waals surface area contributed by atoms with E-state index in [2.05, 4.69) is 10.1 Å². The maximum absolute atomic E-state index is 13.5. The van der Waals surface area contributed by atoms with E-state index in [1.807, 2.05) is 30.3 Å². The first-order valence-electron chi connectivity index (χ1n) is 9.89. The summed E-state index contributed by atoms with van der Waals surface area (Å²) in [6, 6.07) is 17.5. The van der Waals surface area contributed by atoms with Crippen molar-refractivity contribution in [3.8, 4) is 5.75 Å². The number of furan rings is 1. The second-order valence-corrected chi connectivity index (χ2v) is 8.07. The van der Waals surface area contributed by atoms with Crippen molar-refractivity contribution < 1.29 is 13.9 Å². The smallest absolute Gasteiger partial charge is 0.276 e. The Hall–Kier alpha value is -3.35. The molecular weight excluding hydrogens is 449 g/mol. The first-order chi connectivity index (χ1) is 15.5. The Kier molecular flexibility index (Phi) is 5.33. The summed E-state index contributed by atoms with van der Waals surface area (Å²) in [6.07, 6.45) is 1.99. The summed E-state index contributed by atoms with van der Waals surface area (Å²) in [5, 5.41) is 7.51. The van der Waals surface area contributed by atoms with Gasteiger partial charge in [-0.1, -0.05) is 35.3 Å². The van der Waals surface area contributed by atoms with Crippen LogP contribution in [0.4, 0.5) is 0 Å². The van der Waals surface area contributed by atoms with Gasteiger partial charge >= 0.3 is 0 Å². The van der Waals surface area contributed by atoms with Gasteiger partial charge in [0.05, 0.1) is 35.5 Å². The zero-order valence-electron chi connectivity index (χ0n) is 17.0. The van der Waals surface area contributed by atoms with Gasteiger partial charge in [-0.3, -0.25) is 4.79 Å². The molecule has 1 unspecified atom stereocenters. The van der Waals surface area contributed by atoms with Crippen LogP contribution in [0.3, 0.4) is 0 Å². The molecule has 1 atom stereocenters. The van der Waals surface area contributed by atoms with Crippen LogP contribution in [0.25, 0.3) is 10.9 Å². The van der Waals surface area contributed by atoms with Crippen molar-refractivity contribution in [2.45, 2.75) is 12.5 Å². The lowest BCUT2D eigenvalue weighted by Crippen LogP contribution is -2.27. The molecule has 160 valence electrons. The van der Waals surface area contributed by atoms with E-state index in [0.29, 0.717) is 44.9 Å². The molecule has 0 fully saturated rings. The number of nitrogens with zero attached hydrogens (tertiary/aromatic N) is 3. The highest BCUT2D eigenvalue weighted by Gasteiger charge is 2.36. The van der Waals surface area contributed by atoms with Gasteiger partial charge < -0.3 is 9.15 Å². The van der Waals surface area contributed by atoms with Crippen molar-refractivity contribution in [1.29, 1.82) is 0 Å². The van der Waals surface area contributed by atoms with Crippen LogP contribution in [0.2, 0.25) is 10.2 Å². The number of ether oxygens (including phenoxy) is 1. The molecule has 0 N–H and O–H groups in total. The topological polar surface area (TPSA) is 67.9 Å². The number of halogens is 2. The number of pyridine rings is 1. The third-order valence-corrected chi connectivity index (χ3v) is 6.02. The maximum Gasteiger partial charge on any atom is 0.276 e. The molecule has 2 aromatic heterocycles. The molecule has 5 rings (SSSR count). The Balaban J connectivity index is 1.62. The maximum atomic E-state index is 13.5. The predicted octanol–water partition coefficient (Wildman–Crippen LogP) is 6.13. The number of carbonyl (C=O) groups is 1. The summed E-state index contributed by atoms with van der Waals surface area (Å²) >= 11 is 12.9. The molecule has 0 spiro atoms. The third kappa shape index (κ3) is 3.61. The van der Waals surface area contributed by atoms with E-state index in [0.717, 1.165) is 10.9 Å². The number of hydrogen-bond acceptors (Lipinski definition) is 5. The van der Waals surface area contributed by atoms with Crippen LogP contribution in [-0.4, -0.2) is 28.7 Å². The average Bonchev–Trinajstić information content (AvgIpc) is 3.48. The largest absolute Gasteiger partial charge is 0.497 e. The molecule has 6 nitrogen and oxygen atoms in total. The molecule has 0 aliphatic carbocycles. The summed E-state index contributed by atoms with van der Waals surface area (Å²) < 4.78 is 10.9. The lowest BCUT2D eigenvalue weighted by Gasteiger charge is -2.23. The van der Waals surface area contributed by atoms with Crippen LogP contribution in [0.1, 0.15) is 34.1 Å². The lowest BCUT2D eigenvalue weighted by molar-refractivity contribution is 0.0711. The summed E-state index contributed by atoms with van der Waals surface area (Å²) in [5.41, 5.74) is 2.41. The molecule has 3 heterocycles. The molecule has 1 aliphatic rings. The van der Waals surface area contributed by atoms with Gasteiger partial charge in [0.25, 0.3) is 5.91 Å². The summed E-state index contributed by atoms with van der Waals surface area (Å²) in [6.45, 7) is 0. The Labute approximate surface area is 194 Å². The molecule has 1 aliphatic heterocycles. The minimum atomic E-state index is -0.477. The molecule has 4 aromatic rings. The van der Waals surface area contributed by atoms with Crippen LogP contribution in [0, 0.1) is 0 Å². The average molecular weight is 466 g/mol. The van der Waals surface area contributed by atoms with Crippen molar-refractivity contribution in [2.75, 3.05) is 7.11 Å². The zero-order chi connectivity index (χ0) is 22.2. The van der Waals surface area contributed by atoms with E-state index in [-0.39, 0.29) is 5.91 Å². The number of aromatic nitrogens is 1. The standard InChI is InChI=1S/C24H17Cl2N3O3/c1-31-15-8-9-19-14(11-15)12-17(23(26)27-19)21-13-20(22-7-4-10-32-22)28-29(21)24(30)16-5-2-3-6-18(16)25/h2-12,21H,13H2,1H3. The third-order valence-electron chi connectivity index (χ3n) is 5.39. The minimum absolute atomic E-state index is 0.306. The number of amides is 1. The number of fused-ring (bicyclic) bond motifs is 1. The van der Waals surface area contributed by atoms with E-state index in [4.69, 9.17) is 32.4 Å². The number of benzene rings is 2. The second-order valence-electron chi connectivity index (χ2n) is 7.30. The van der Waals surface area contributed by atoms with Gasteiger partial charge in [0, 0.05) is 17.4 Å². The molecule has 8 heteroatoms. The molecule has 0 saturated carbocycles. The van der Waals surface area contributed by atoms with E-state index in [9.17, 15) is 4.79 Å². The normalized spacial score (nSPS) is 15.8. The number of hydrogen-bond donors (Lipinski definition) is 0. The summed E-state index contributed by atoms with van der Waals surface area (Å²) in [7, 11) is 1.61.